The number of likely N-dealkylation sites (N-methyl/N-ethyl adjacent to an activating group) is 2. The van der Waals surface area contributed by atoms with Crippen LogP contribution in [0.3, 0.4) is 0 Å². The maximum absolute atomic E-state index is 12.6. The van der Waals surface area contributed by atoms with Crippen LogP contribution in [0.2, 0.25) is 0 Å². The van der Waals surface area contributed by atoms with Gasteiger partial charge in [0.2, 0.25) is 11.8 Å². The zero-order chi connectivity index (χ0) is 17.5. The van der Waals surface area contributed by atoms with Crippen LogP contribution >= 0.6 is 0 Å². The standard InChI is InChI=1S/C16H25N3O4S/c1-11(16(20)19(3)13-6-7-24(21,22)10-13)18(2)9-15-17-8-14(23-15)12-4-5-12/h8,11-13H,4-7,9-10H2,1-3H3/t11-,13-/m1/s1. The Bertz CT molecular complexity index is 711. The Kier molecular flexibility index (Phi) is 4.70. The average Bonchev–Trinajstić information content (AvgIpc) is 3.18. The van der Waals surface area contributed by atoms with Gasteiger partial charge in [0, 0.05) is 19.0 Å². The Labute approximate surface area is 142 Å². The third-order valence-electron chi connectivity index (χ3n) is 5.06. The number of aromatic nitrogens is 1. The van der Waals surface area contributed by atoms with Crippen LogP contribution in [-0.4, -0.2) is 66.8 Å². The highest BCUT2D eigenvalue weighted by Crippen LogP contribution is 2.40. The first kappa shape index (κ1) is 17.4. The van der Waals surface area contributed by atoms with E-state index in [-0.39, 0.29) is 29.5 Å². The van der Waals surface area contributed by atoms with Crippen molar-refractivity contribution in [1.29, 1.82) is 0 Å². The fourth-order valence-electron chi connectivity index (χ4n) is 3.05. The normalized spacial score (nSPS) is 24.2. The van der Waals surface area contributed by atoms with E-state index in [1.165, 1.54) is 0 Å². The predicted octanol–water partition coefficient (Wildman–Crippen LogP) is 1.02. The van der Waals surface area contributed by atoms with Crippen molar-refractivity contribution < 1.29 is 17.6 Å². The Hall–Kier alpha value is -1.41. The molecule has 7 nitrogen and oxygen atoms in total. The van der Waals surface area contributed by atoms with Crippen LogP contribution in [0.25, 0.3) is 0 Å². The number of carbonyl (C=O) groups is 1. The van der Waals surface area contributed by atoms with Crippen LogP contribution in [0.5, 0.6) is 0 Å². The van der Waals surface area contributed by atoms with Crippen LogP contribution in [0.15, 0.2) is 10.6 Å². The number of amides is 1. The molecule has 1 aromatic heterocycles. The van der Waals surface area contributed by atoms with Gasteiger partial charge < -0.3 is 9.32 Å². The number of hydrogen-bond acceptors (Lipinski definition) is 6. The van der Waals surface area contributed by atoms with E-state index in [0.29, 0.717) is 24.8 Å². The van der Waals surface area contributed by atoms with Gasteiger partial charge in [-0.1, -0.05) is 0 Å². The van der Waals surface area contributed by atoms with Crippen LogP contribution in [0.1, 0.15) is 43.8 Å². The Balaban J connectivity index is 1.57. The second-order valence-electron chi connectivity index (χ2n) is 7.03. The molecule has 0 radical (unpaired) electrons. The lowest BCUT2D eigenvalue weighted by molar-refractivity contribution is -0.136. The minimum absolute atomic E-state index is 0.0656. The van der Waals surface area contributed by atoms with Gasteiger partial charge in [-0.25, -0.2) is 13.4 Å². The summed E-state index contributed by atoms with van der Waals surface area (Å²) in [5.41, 5.74) is 0. The molecule has 1 saturated carbocycles. The first-order valence-electron chi connectivity index (χ1n) is 8.39. The first-order valence-corrected chi connectivity index (χ1v) is 10.2. The Morgan fingerprint density at radius 1 is 1.38 bits per heavy atom. The summed E-state index contributed by atoms with van der Waals surface area (Å²) < 4.78 is 29.0. The minimum Gasteiger partial charge on any atom is -0.444 e. The summed E-state index contributed by atoms with van der Waals surface area (Å²) in [6.07, 6.45) is 4.62. The lowest BCUT2D eigenvalue weighted by atomic mass is 10.2. The molecule has 24 heavy (non-hydrogen) atoms. The maximum atomic E-state index is 12.6. The molecular weight excluding hydrogens is 330 g/mol. The molecule has 8 heteroatoms. The molecular formula is C16H25N3O4S. The molecule has 2 atom stereocenters. The van der Waals surface area contributed by atoms with Crippen molar-refractivity contribution in [2.45, 2.75) is 50.7 Å². The van der Waals surface area contributed by atoms with E-state index in [1.54, 1.807) is 18.1 Å². The number of oxazole rings is 1. The summed E-state index contributed by atoms with van der Waals surface area (Å²) in [6.45, 7) is 2.28. The summed E-state index contributed by atoms with van der Waals surface area (Å²) in [4.78, 5) is 20.4. The molecule has 0 N–H and O–H groups in total. The zero-order valence-corrected chi connectivity index (χ0v) is 15.3. The predicted molar refractivity (Wildman–Crippen MR) is 89.2 cm³/mol. The maximum Gasteiger partial charge on any atom is 0.239 e. The molecule has 2 fully saturated rings. The van der Waals surface area contributed by atoms with E-state index < -0.39 is 9.84 Å². The lowest BCUT2D eigenvalue weighted by Crippen LogP contribution is -2.48. The first-order chi connectivity index (χ1) is 11.3. The van der Waals surface area contributed by atoms with Crippen LogP contribution in [0.4, 0.5) is 0 Å². The number of hydrogen-bond donors (Lipinski definition) is 0. The summed E-state index contributed by atoms with van der Waals surface area (Å²) in [7, 11) is 0.538. The van der Waals surface area contributed by atoms with E-state index in [1.807, 2.05) is 18.9 Å². The molecule has 2 aliphatic rings. The zero-order valence-electron chi connectivity index (χ0n) is 14.4. The fourth-order valence-corrected chi connectivity index (χ4v) is 4.82. The third kappa shape index (κ3) is 3.80. The van der Waals surface area contributed by atoms with Gasteiger partial charge in [0.05, 0.1) is 30.3 Å². The highest BCUT2D eigenvalue weighted by molar-refractivity contribution is 7.91. The summed E-state index contributed by atoms with van der Waals surface area (Å²) in [5, 5.41) is 0. The van der Waals surface area contributed by atoms with E-state index in [2.05, 4.69) is 4.98 Å². The molecule has 1 saturated heterocycles. The van der Waals surface area contributed by atoms with Crippen molar-refractivity contribution in [3.63, 3.8) is 0 Å². The van der Waals surface area contributed by atoms with E-state index in [9.17, 15) is 13.2 Å². The fraction of sp³-hybridized carbons (Fsp3) is 0.750. The van der Waals surface area contributed by atoms with Gasteiger partial charge in [-0.2, -0.15) is 0 Å². The second-order valence-corrected chi connectivity index (χ2v) is 9.26. The molecule has 134 valence electrons. The smallest absolute Gasteiger partial charge is 0.239 e. The average molecular weight is 355 g/mol. The van der Waals surface area contributed by atoms with Crippen molar-refractivity contribution in [3.8, 4) is 0 Å². The SMILES string of the molecule is C[C@H](C(=O)N(C)[C@@H]1CCS(=O)(=O)C1)N(C)Cc1ncc(C2CC2)o1. The summed E-state index contributed by atoms with van der Waals surface area (Å²) in [5.74, 6) is 2.23. The highest BCUT2D eigenvalue weighted by Gasteiger charge is 2.35. The van der Waals surface area contributed by atoms with Gasteiger partial charge in [0.25, 0.3) is 0 Å². The lowest BCUT2D eigenvalue weighted by Gasteiger charge is -2.30. The number of carbonyl (C=O) groups excluding carboxylic acids is 1. The largest absolute Gasteiger partial charge is 0.444 e. The molecule has 1 amide bonds. The molecule has 1 aliphatic heterocycles. The molecule has 0 spiro atoms. The topological polar surface area (TPSA) is 83.7 Å². The van der Waals surface area contributed by atoms with Crippen LogP contribution in [-0.2, 0) is 21.2 Å². The van der Waals surface area contributed by atoms with Gasteiger partial charge in [-0.3, -0.25) is 9.69 Å². The summed E-state index contributed by atoms with van der Waals surface area (Å²) in [6, 6.07) is -0.587. The van der Waals surface area contributed by atoms with Gasteiger partial charge >= 0.3 is 0 Å². The van der Waals surface area contributed by atoms with Crippen molar-refractivity contribution >= 4 is 15.7 Å². The van der Waals surface area contributed by atoms with E-state index in [0.717, 1.165) is 18.6 Å². The Morgan fingerprint density at radius 2 is 2.08 bits per heavy atom. The molecule has 0 bridgehead atoms. The van der Waals surface area contributed by atoms with Gasteiger partial charge in [0.15, 0.2) is 9.84 Å². The highest BCUT2D eigenvalue weighted by atomic mass is 32.2. The van der Waals surface area contributed by atoms with E-state index >= 15 is 0 Å². The monoisotopic (exact) mass is 355 g/mol. The number of nitrogens with zero attached hydrogens (tertiary/aromatic N) is 3. The van der Waals surface area contributed by atoms with Gasteiger partial charge in [0.1, 0.15) is 5.76 Å². The van der Waals surface area contributed by atoms with Crippen molar-refractivity contribution in [2.24, 2.45) is 0 Å². The molecule has 3 rings (SSSR count). The van der Waals surface area contributed by atoms with Crippen LogP contribution in [0, 0.1) is 0 Å². The molecule has 0 unspecified atom stereocenters. The molecule has 1 aromatic rings. The van der Waals surface area contributed by atoms with E-state index in [4.69, 9.17) is 4.42 Å². The Morgan fingerprint density at radius 3 is 2.67 bits per heavy atom. The van der Waals surface area contributed by atoms with Crippen molar-refractivity contribution in [1.82, 2.24) is 14.8 Å². The molecule has 0 aromatic carbocycles. The van der Waals surface area contributed by atoms with Crippen molar-refractivity contribution in [2.75, 3.05) is 25.6 Å². The molecule has 2 heterocycles. The minimum atomic E-state index is -3.00. The second kappa shape index (κ2) is 6.48. The third-order valence-corrected chi connectivity index (χ3v) is 6.81. The van der Waals surface area contributed by atoms with Crippen molar-refractivity contribution in [3.05, 3.63) is 17.8 Å². The van der Waals surface area contributed by atoms with Gasteiger partial charge in [-0.05, 0) is 33.2 Å². The quantitative estimate of drug-likeness (QED) is 0.757. The van der Waals surface area contributed by atoms with Gasteiger partial charge in [-0.15, -0.1) is 0 Å². The number of rotatable bonds is 6. The molecule has 1 aliphatic carbocycles. The summed E-state index contributed by atoms with van der Waals surface area (Å²) >= 11 is 0. The van der Waals surface area contributed by atoms with Crippen LogP contribution < -0.4 is 0 Å². The number of sulfone groups is 1.